The van der Waals surface area contributed by atoms with E-state index in [9.17, 15) is 4.79 Å². The number of amides is 1. The van der Waals surface area contributed by atoms with Crippen LogP contribution in [0.25, 0.3) is 0 Å². The first-order valence-electron chi connectivity index (χ1n) is 9.20. The summed E-state index contributed by atoms with van der Waals surface area (Å²) >= 11 is 0. The minimum Gasteiger partial charge on any atom is -0.366 e. The molecule has 0 spiro atoms. The van der Waals surface area contributed by atoms with Crippen molar-refractivity contribution < 1.29 is 4.79 Å². The van der Waals surface area contributed by atoms with Gasteiger partial charge in [0.25, 0.3) is 5.91 Å². The molecule has 0 aromatic carbocycles. The zero-order valence-electron chi connectivity index (χ0n) is 15.4. The van der Waals surface area contributed by atoms with E-state index in [4.69, 9.17) is 0 Å². The molecule has 8 heteroatoms. The molecule has 0 atom stereocenters. The Hall–Kier alpha value is -3.55. The topological polar surface area (TPSA) is 87.1 Å². The van der Waals surface area contributed by atoms with Crippen LogP contribution in [0.3, 0.4) is 0 Å². The number of nitrogens with one attached hydrogen (secondary N) is 1. The van der Waals surface area contributed by atoms with Gasteiger partial charge in [0, 0.05) is 57.4 Å². The Balaban J connectivity index is 1.36. The summed E-state index contributed by atoms with van der Waals surface area (Å²) in [5.74, 6) is 1.50. The van der Waals surface area contributed by atoms with Gasteiger partial charge in [-0.1, -0.05) is 6.07 Å². The molecule has 0 bridgehead atoms. The van der Waals surface area contributed by atoms with Crippen molar-refractivity contribution in [2.24, 2.45) is 0 Å². The Labute approximate surface area is 163 Å². The quantitative estimate of drug-likeness (QED) is 0.728. The van der Waals surface area contributed by atoms with E-state index in [1.807, 2.05) is 35.2 Å². The molecule has 142 valence electrons. The van der Waals surface area contributed by atoms with Crippen LogP contribution in [-0.2, 0) is 6.54 Å². The van der Waals surface area contributed by atoms with Crippen LogP contribution in [0.4, 0.5) is 11.6 Å². The largest absolute Gasteiger partial charge is 0.366 e. The second-order valence-electron chi connectivity index (χ2n) is 6.46. The maximum absolute atomic E-state index is 12.8. The summed E-state index contributed by atoms with van der Waals surface area (Å²) in [6.07, 6.45) is 6.70. The molecular weight excluding hydrogens is 354 g/mol. The number of pyridine rings is 2. The minimum absolute atomic E-state index is 0.0740. The van der Waals surface area contributed by atoms with Gasteiger partial charge >= 0.3 is 0 Å². The van der Waals surface area contributed by atoms with Gasteiger partial charge in [-0.05, 0) is 29.8 Å². The van der Waals surface area contributed by atoms with E-state index in [0.717, 1.165) is 24.5 Å². The first-order valence-corrected chi connectivity index (χ1v) is 9.20. The molecule has 1 saturated heterocycles. The van der Waals surface area contributed by atoms with Crippen molar-refractivity contribution in [3.8, 4) is 0 Å². The summed E-state index contributed by atoms with van der Waals surface area (Å²) in [7, 11) is 0. The van der Waals surface area contributed by atoms with Gasteiger partial charge in [0.2, 0.25) is 0 Å². The maximum Gasteiger partial charge on any atom is 0.272 e. The van der Waals surface area contributed by atoms with Crippen molar-refractivity contribution in [1.82, 2.24) is 24.8 Å². The van der Waals surface area contributed by atoms with E-state index < -0.39 is 0 Å². The molecule has 1 fully saturated rings. The summed E-state index contributed by atoms with van der Waals surface area (Å²) in [5.41, 5.74) is 1.49. The average Bonchev–Trinajstić information content (AvgIpc) is 2.79. The van der Waals surface area contributed by atoms with Gasteiger partial charge in [-0.2, -0.15) is 0 Å². The lowest BCUT2D eigenvalue weighted by atomic mass is 10.2. The predicted octanol–water partition coefficient (Wildman–Crippen LogP) is 1.84. The number of nitrogens with zero attached hydrogens (tertiary/aromatic N) is 6. The SMILES string of the molecule is O=C(c1cc(NCc2ccncc2)ncn1)N1CCN(c2ccccn2)CC1. The number of hydrogen-bond donors (Lipinski definition) is 1. The molecular formula is C20H21N7O. The molecule has 8 nitrogen and oxygen atoms in total. The zero-order chi connectivity index (χ0) is 19.2. The van der Waals surface area contributed by atoms with Crippen LogP contribution in [0.15, 0.2) is 61.3 Å². The molecule has 1 aliphatic heterocycles. The van der Waals surface area contributed by atoms with Gasteiger partial charge in [0.05, 0.1) is 0 Å². The van der Waals surface area contributed by atoms with Crippen LogP contribution in [0.5, 0.6) is 0 Å². The fourth-order valence-electron chi connectivity index (χ4n) is 3.11. The average molecular weight is 375 g/mol. The van der Waals surface area contributed by atoms with Crippen LogP contribution in [0, 0.1) is 0 Å². The number of hydrogen-bond acceptors (Lipinski definition) is 7. The summed E-state index contributed by atoms with van der Waals surface area (Å²) in [5, 5.41) is 3.22. The number of carbonyl (C=O) groups excluding carboxylic acids is 1. The van der Waals surface area contributed by atoms with Gasteiger partial charge in [0.1, 0.15) is 23.7 Å². The molecule has 1 aliphatic rings. The number of anilines is 2. The lowest BCUT2D eigenvalue weighted by Gasteiger charge is -2.35. The third kappa shape index (κ3) is 4.22. The molecule has 28 heavy (non-hydrogen) atoms. The standard InChI is InChI=1S/C20H21N7O/c28-20(27-11-9-26(10-12-27)19-3-1-2-6-22-19)17-13-18(25-15-24-17)23-14-16-4-7-21-8-5-16/h1-8,13,15H,9-12,14H2,(H,23,24,25). The third-order valence-electron chi connectivity index (χ3n) is 4.65. The second-order valence-corrected chi connectivity index (χ2v) is 6.46. The molecule has 4 heterocycles. The Morgan fingerprint density at radius 1 is 0.964 bits per heavy atom. The number of rotatable bonds is 5. The highest BCUT2D eigenvalue weighted by molar-refractivity contribution is 5.93. The van der Waals surface area contributed by atoms with Gasteiger partial charge < -0.3 is 15.1 Å². The molecule has 3 aromatic heterocycles. The van der Waals surface area contributed by atoms with Crippen LogP contribution in [0.1, 0.15) is 16.1 Å². The van der Waals surface area contributed by atoms with E-state index in [1.54, 1.807) is 24.7 Å². The van der Waals surface area contributed by atoms with Gasteiger partial charge in [0.15, 0.2) is 0 Å². The Kier molecular flexibility index (Phi) is 5.37. The third-order valence-corrected chi connectivity index (χ3v) is 4.65. The van der Waals surface area contributed by atoms with E-state index in [2.05, 4.69) is 30.2 Å². The number of piperazine rings is 1. The maximum atomic E-state index is 12.8. The summed E-state index contributed by atoms with van der Waals surface area (Å²) in [6, 6.07) is 11.4. The van der Waals surface area contributed by atoms with Crippen molar-refractivity contribution >= 4 is 17.5 Å². The lowest BCUT2D eigenvalue weighted by Crippen LogP contribution is -2.49. The van der Waals surface area contributed by atoms with E-state index in [1.165, 1.54) is 6.33 Å². The molecule has 4 rings (SSSR count). The Bertz CT molecular complexity index is 912. The van der Waals surface area contributed by atoms with Crippen molar-refractivity contribution in [2.75, 3.05) is 36.4 Å². The van der Waals surface area contributed by atoms with E-state index in [0.29, 0.717) is 31.1 Å². The minimum atomic E-state index is -0.0740. The molecule has 1 N–H and O–H groups in total. The second kappa shape index (κ2) is 8.43. The molecule has 0 saturated carbocycles. The number of carbonyl (C=O) groups is 1. The van der Waals surface area contributed by atoms with Crippen LogP contribution in [0.2, 0.25) is 0 Å². The van der Waals surface area contributed by atoms with Gasteiger partial charge in [-0.25, -0.2) is 15.0 Å². The van der Waals surface area contributed by atoms with Crippen molar-refractivity contribution in [2.45, 2.75) is 6.54 Å². The zero-order valence-corrected chi connectivity index (χ0v) is 15.4. The Morgan fingerprint density at radius 3 is 2.54 bits per heavy atom. The van der Waals surface area contributed by atoms with Crippen LogP contribution in [-0.4, -0.2) is 56.9 Å². The highest BCUT2D eigenvalue weighted by Crippen LogP contribution is 2.15. The fourth-order valence-corrected chi connectivity index (χ4v) is 3.11. The smallest absolute Gasteiger partial charge is 0.272 e. The first-order chi connectivity index (χ1) is 13.8. The Morgan fingerprint density at radius 2 is 1.79 bits per heavy atom. The van der Waals surface area contributed by atoms with Crippen LogP contribution < -0.4 is 10.2 Å². The number of aromatic nitrogens is 4. The summed E-state index contributed by atoms with van der Waals surface area (Å²) < 4.78 is 0. The van der Waals surface area contributed by atoms with E-state index in [-0.39, 0.29) is 5.91 Å². The van der Waals surface area contributed by atoms with Crippen molar-refractivity contribution in [3.05, 3.63) is 72.6 Å². The molecule has 0 unspecified atom stereocenters. The highest BCUT2D eigenvalue weighted by Gasteiger charge is 2.23. The van der Waals surface area contributed by atoms with Crippen molar-refractivity contribution in [3.63, 3.8) is 0 Å². The summed E-state index contributed by atoms with van der Waals surface area (Å²) in [6.45, 7) is 3.39. The molecule has 3 aromatic rings. The first kappa shape index (κ1) is 17.8. The van der Waals surface area contributed by atoms with Crippen molar-refractivity contribution in [1.29, 1.82) is 0 Å². The van der Waals surface area contributed by atoms with Crippen LogP contribution >= 0.6 is 0 Å². The molecule has 0 aliphatic carbocycles. The lowest BCUT2D eigenvalue weighted by molar-refractivity contribution is 0.0740. The van der Waals surface area contributed by atoms with E-state index >= 15 is 0 Å². The highest BCUT2D eigenvalue weighted by atomic mass is 16.2. The van der Waals surface area contributed by atoms with Gasteiger partial charge in [-0.15, -0.1) is 0 Å². The molecule has 1 amide bonds. The fraction of sp³-hybridized carbons (Fsp3) is 0.250. The molecule has 0 radical (unpaired) electrons. The normalized spacial score (nSPS) is 14.0. The monoisotopic (exact) mass is 375 g/mol. The summed E-state index contributed by atoms with van der Waals surface area (Å²) in [4.78, 5) is 33.6. The van der Waals surface area contributed by atoms with Gasteiger partial charge in [-0.3, -0.25) is 9.78 Å². The predicted molar refractivity (Wildman–Crippen MR) is 106 cm³/mol.